The Morgan fingerprint density at radius 3 is 2.52 bits per heavy atom. The van der Waals surface area contributed by atoms with Crippen molar-refractivity contribution < 1.29 is 9.13 Å². The fraction of sp³-hybridized carbons (Fsp3) is 0.250. The van der Waals surface area contributed by atoms with E-state index in [4.69, 9.17) is 10.5 Å². The summed E-state index contributed by atoms with van der Waals surface area (Å²) >= 11 is 5.67. The molecule has 0 fully saturated rings. The molecule has 0 radical (unpaired) electrons. The summed E-state index contributed by atoms with van der Waals surface area (Å²) < 4.78 is 20.6. The Labute approximate surface area is 146 Å². The van der Waals surface area contributed by atoms with Gasteiger partial charge in [0.25, 0.3) is 0 Å². The molecule has 21 heavy (non-hydrogen) atoms. The maximum absolute atomic E-state index is 13.3. The summed E-state index contributed by atoms with van der Waals surface area (Å²) in [6.07, 6.45) is 0. The van der Waals surface area contributed by atoms with Crippen LogP contribution in [0.1, 0.15) is 28.3 Å². The van der Waals surface area contributed by atoms with Crippen LogP contribution in [0.4, 0.5) is 4.39 Å². The van der Waals surface area contributed by atoms with Gasteiger partial charge >= 0.3 is 0 Å². The maximum Gasteiger partial charge on any atom is 0.127 e. The van der Waals surface area contributed by atoms with Crippen LogP contribution in [-0.4, -0.2) is 7.11 Å². The molecule has 2 aromatic rings. The minimum Gasteiger partial charge on any atom is -0.496 e. The predicted molar refractivity (Wildman–Crippen MR) is 95.3 cm³/mol. The molecule has 2 aromatic carbocycles. The largest absolute Gasteiger partial charge is 0.496 e. The first kappa shape index (κ1) is 16.7. The normalized spacial score (nSPS) is 12.3. The summed E-state index contributed by atoms with van der Waals surface area (Å²) in [5, 5.41) is 0. The summed E-state index contributed by atoms with van der Waals surface area (Å²) in [6, 6.07) is 6.30. The molecule has 0 aliphatic rings. The lowest BCUT2D eigenvalue weighted by atomic mass is 9.93. The summed E-state index contributed by atoms with van der Waals surface area (Å²) in [7, 11) is 1.64. The van der Waals surface area contributed by atoms with Gasteiger partial charge in [-0.05, 0) is 71.3 Å². The van der Waals surface area contributed by atoms with Crippen LogP contribution in [0.5, 0.6) is 5.75 Å². The number of benzene rings is 2. The Hall–Kier alpha value is -0.660. The molecule has 2 rings (SSSR count). The lowest BCUT2D eigenvalue weighted by Crippen LogP contribution is -2.17. The first-order valence-electron chi connectivity index (χ1n) is 6.41. The molecular weight excluding hydrogens is 448 g/mol. The molecule has 0 spiro atoms. The molecule has 5 heteroatoms. The summed E-state index contributed by atoms with van der Waals surface area (Å²) in [5.74, 6) is 0.521. The quantitative estimate of drug-likeness (QED) is 0.659. The van der Waals surface area contributed by atoms with Gasteiger partial charge in [-0.1, -0.05) is 22.0 Å². The molecule has 0 bridgehead atoms. The van der Waals surface area contributed by atoms with Gasteiger partial charge in [-0.2, -0.15) is 0 Å². The summed E-state index contributed by atoms with van der Waals surface area (Å²) in [6.45, 7) is 3.98. The fourth-order valence-corrected chi connectivity index (χ4v) is 3.80. The third kappa shape index (κ3) is 3.24. The van der Waals surface area contributed by atoms with E-state index in [0.717, 1.165) is 36.0 Å². The van der Waals surface area contributed by atoms with E-state index in [2.05, 4.69) is 38.5 Å². The molecule has 1 unspecified atom stereocenters. The number of hydrogen-bond donors (Lipinski definition) is 1. The maximum atomic E-state index is 13.3. The first-order chi connectivity index (χ1) is 9.86. The van der Waals surface area contributed by atoms with Crippen LogP contribution in [0.3, 0.4) is 0 Å². The highest BCUT2D eigenvalue weighted by molar-refractivity contribution is 14.1. The van der Waals surface area contributed by atoms with Gasteiger partial charge in [-0.3, -0.25) is 0 Å². The molecule has 2 nitrogen and oxygen atoms in total. The van der Waals surface area contributed by atoms with Crippen molar-refractivity contribution in [2.24, 2.45) is 5.73 Å². The Kier molecular flexibility index (Phi) is 5.27. The SMILES string of the molecule is COc1c(C)cc(Br)c(C)c1C(N)c1ccc(F)cc1I. The second-order valence-corrected chi connectivity index (χ2v) is 6.91. The summed E-state index contributed by atoms with van der Waals surface area (Å²) in [4.78, 5) is 0. The van der Waals surface area contributed by atoms with Crippen molar-refractivity contribution in [1.82, 2.24) is 0 Å². The number of methoxy groups -OCH3 is 1. The minimum absolute atomic E-state index is 0.260. The highest BCUT2D eigenvalue weighted by Gasteiger charge is 2.22. The van der Waals surface area contributed by atoms with Gasteiger partial charge in [0, 0.05) is 13.6 Å². The molecule has 0 saturated carbocycles. The van der Waals surface area contributed by atoms with Crippen LogP contribution in [0, 0.1) is 23.2 Å². The standard InChI is InChI=1S/C16H16BrFINO/c1-8-6-12(17)9(2)14(16(8)21-3)15(20)11-5-4-10(18)7-13(11)19/h4-7,15H,20H2,1-3H3. The molecule has 0 aliphatic heterocycles. The number of hydrogen-bond acceptors (Lipinski definition) is 2. The molecule has 0 amide bonds. The monoisotopic (exact) mass is 463 g/mol. The lowest BCUT2D eigenvalue weighted by molar-refractivity contribution is 0.404. The van der Waals surface area contributed by atoms with Crippen LogP contribution >= 0.6 is 38.5 Å². The Balaban J connectivity index is 2.65. The van der Waals surface area contributed by atoms with Gasteiger partial charge < -0.3 is 10.5 Å². The first-order valence-corrected chi connectivity index (χ1v) is 8.28. The van der Waals surface area contributed by atoms with E-state index in [0.29, 0.717) is 0 Å². The Morgan fingerprint density at radius 1 is 1.29 bits per heavy atom. The van der Waals surface area contributed by atoms with E-state index < -0.39 is 0 Å². The molecule has 112 valence electrons. The third-order valence-electron chi connectivity index (χ3n) is 3.52. The van der Waals surface area contributed by atoms with Gasteiger partial charge in [0.1, 0.15) is 11.6 Å². The molecule has 0 aromatic heterocycles. The molecule has 0 aliphatic carbocycles. The molecule has 0 heterocycles. The van der Waals surface area contributed by atoms with Gasteiger partial charge in [0.15, 0.2) is 0 Å². The number of halogens is 3. The van der Waals surface area contributed by atoms with Crippen LogP contribution in [0.15, 0.2) is 28.7 Å². The molecule has 0 saturated heterocycles. The van der Waals surface area contributed by atoms with Crippen molar-refractivity contribution >= 4 is 38.5 Å². The second-order valence-electron chi connectivity index (χ2n) is 4.89. The van der Waals surface area contributed by atoms with E-state index in [1.54, 1.807) is 13.2 Å². The minimum atomic E-state index is -0.372. The van der Waals surface area contributed by atoms with Crippen molar-refractivity contribution in [3.63, 3.8) is 0 Å². The zero-order chi connectivity index (χ0) is 15.7. The van der Waals surface area contributed by atoms with Crippen molar-refractivity contribution in [1.29, 1.82) is 0 Å². The van der Waals surface area contributed by atoms with Crippen LogP contribution < -0.4 is 10.5 Å². The van der Waals surface area contributed by atoms with E-state index in [1.807, 2.05) is 19.9 Å². The van der Waals surface area contributed by atoms with Gasteiger partial charge in [-0.15, -0.1) is 0 Å². The highest BCUT2D eigenvalue weighted by Crippen LogP contribution is 2.38. The van der Waals surface area contributed by atoms with E-state index in [1.165, 1.54) is 12.1 Å². The second kappa shape index (κ2) is 6.62. The third-order valence-corrected chi connectivity index (χ3v) is 5.28. The Morgan fingerprint density at radius 2 is 1.95 bits per heavy atom. The smallest absolute Gasteiger partial charge is 0.127 e. The Bertz CT molecular complexity index is 690. The number of rotatable bonds is 3. The predicted octanol–water partition coefficient (Wildman–Crippen LogP) is 4.87. The molecular formula is C16H16BrFINO. The van der Waals surface area contributed by atoms with E-state index in [9.17, 15) is 4.39 Å². The average Bonchev–Trinajstić information content (AvgIpc) is 2.41. The number of ether oxygens (including phenoxy) is 1. The topological polar surface area (TPSA) is 35.2 Å². The van der Waals surface area contributed by atoms with Crippen LogP contribution in [0.25, 0.3) is 0 Å². The number of nitrogens with two attached hydrogens (primary N) is 1. The van der Waals surface area contributed by atoms with Crippen LogP contribution in [-0.2, 0) is 0 Å². The zero-order valence-electron chi connectivity index (χ0n) is 12.0. The van der Waals surface area contributed by atoms with Crippen molar-refractivity contribution in [2.45, 2.75) is 19.9 Å². The van der Waals surface area contributed by atoms with Gasteiger partial charge in [-0.25, -0.2) is 4.39 Å². The highest BCUT2D eigenvalue weighted by atomic mass is 127. The van der Waals surface area contributed by atoms with Crippen LogP contribution in [0.2, 0.25) is 0 Å². The van der Waals surface area contributed by atoms with E-state index >= 15 is 0 Å². The molecule has 2 N–H and O–H groups in total. The fourth-order valence-electron chi connectivity index (χ4n) is 2.43. The van der Waals surface area contributed by atoms with Crippen molar-refractivity contribution in [3.05, 3.63) is 60.4 Å². The average molecular weight is 464 g/mol. The van der Waals surface area contributed by atoms with Crippen molar-refractivity contribution in [3.8, 4) is 5.75 Å². The van der Waals surface area contributed by atoms with Gasteiger partial charge in [0.05, 0.1) is 13.2 Å². The zero-order valence-corrected chi connectivity index (χ0v) is 15.7. The molecule has 1 atom stereocenters. The van der Waals surface area contributed by atoms with E-state index in [-0.39, 0.29) is 11.9 Å². The lowest BCUT2D eigenvalue weighted by Gasteiger charge is -2.22. The van der Waals surface area contributed by atoms with Gasteiger partial charge in [0.2, 0.25) is 0 Å². The number of aryl methyl sites for hydroxylation is 1. The summed E-state index contributed by atoms with van der Waals surface area (Å²) in [5.41, 5.74) is 10.3. The van der Waals surface area contributed by atoms with Crippen molar-refractivity contribution in [2.75, 3.05) is 7.11 Å².